The van der Waals surface area contributed by atoms with Gasteiger partial charge in [0, 0.05) is 24.7 Å². The maximum Gasteiger partial charge on any atom is 0.257 e. The molecule has 0 bridgehead atoms. The maximum absolute atomic E-state index is 14.4. The lowest BCUT2D eigenvalue weighted by Crippen LogP contribution is -2.48. The zero-order chi connectivity index (χ0) is 23.2. The van der Waals surface area contributed by atoms with E-state index in [0.717, 1.165) is 43.5 Å². The first-order chi connectivity index (χ1) is 15.9. The second-order valence-corrected chi connectivity index (χ2v) is 9.56. The number of likely N-dealkylation sites (tertiary alicyclic amines) is 1. The van der Waals surface area contributed by atoms with Crippen LogP contribution in [0, 0.1) is 17.6 Å². The summed E-state index contributed by atoms with van der Waals surface area (Å²) >= 11 is 0. The van der Waals surface area contributed by atoms with Crippen molar-refractivity contribution >= 4 is 5.91 Å². The molecule has 172 valence electrons. The van der Waals surface area contributed by atoms with Crippen LogP contribution < -0.4 is 0 Å². The van der Waals surface area contributed by atoms with Crippen molar-refractivity contribution in [3.05, 3.63) is 65.1 Å². The summed E-state index contributed by atoms with van der Waals surface area (Å²) in [5, 5.41) is 15.5. The smallest absolute Gasteiger partial charge is 0.257 e. The Kier molecular flexibility index (Phi) is 5.46. The topological polar surface area (TPSA) is 74.8 Å². The number of carbonyl (C=O) groups is 1. The number of aromatic amines is 1. The summed E-state index contributed by atoms with van der Waals surface area (Å²) in [7, 11) is 0. The summed E-state index contributed by atoms with van der Waals surface area (Å²) in [6, 6.07) is 5.63. The van der Waals surface area contributed by atoms with E-state index in [2.05, 4.69) is 34.2 Å². The van der Waals surface area contributed by atoms with E-state index in [1.54, 1.807) is 12.4 Å². The molecule has 3 aromatic rings. The zero-order valence-electron chi connectivity index (χ0n) is 18.8. The molecule has 0 unspecified atom stereocenters. The van der Waals surface area contributed by atoms with Crippen LogP contribution in [0.2, 0.25) is 0 Å². The van der Waals surface area contributed by atoms with Crippen LogP contribution in [-0.4, -0.2) is 44.3 Å². The second-order valence-electron chi connectivity index (χ2n) is 9.56. The van der Waals surface area contributed by atoms with E-state index in [1.807, 2.05) is 11.0 Å². The number of nitrogens with zero attached hydrogens (tertiary/aromatic N) is 4. The number of nitrogens with one attached hydrogen (secondary N) is 1. The van der Waals surface area contributed by atoms with E-state index in [9.17, 15) is 13.6 Å². The van der Waals surface area contributed by atoms with Crippen LogP contribution in [0.3, 0.4) is 0 Å². The van der Waals surface area contributed by atoms with Gasteiger partial charge in [-0.25, -0.2) is 8.78 Å². The van der Waals surface area contributed by atoms with E-state index in [4.69, 9.17) is 0 Å². The molecular weight excluding hydrogens is 424 g/mol. The number of H-pyrrole nitrogens is 1. The van der Waals surface area contributed by atoms with Crippen LogP contribution >= 0.6 is 0 Å². The molecule has 1 saturated heterocycles. The Hall–Kier alpha value is -3.16. The van der Waals surface area contributed by atoms with Gasteiger partial charge in [-0.3, -0.25) is 9.89 Å². The molecule has 1 aliphatic heterocycles. The molecule has 0 radical (unpaired) electrons. The molecule has 8 heteroatoms. The van der Waals surface area contributed by atoms with Gasteiger partial charge < -0.3 is 4.90 Å². The van der Waals surface area contributed by atoms with Crippen LogP contribution in [0.1, 0.15) is 67.1 Å². The van der Waals surface area contributed by atoms with Crippen molar-refractivity contribution in [2.24, 2.45) is 5.92 Å². The number of halogens is 2. The van der Waals surface area contributed by atoms with E-state index < -0.39 is 11.6 Å². The summed E-state index contributed by atoms with van der Waals surface area (Å²) in [5.74, 6) is -0.867. The van der Waals surface area contributed by atoms with Crippen molar-refractivity contribution in [1.82, 2.24) is 25.3 Å². The number of carbonyl (C=O) groups excluding carboxylic acids is 1. The van der Waals surface area contributed by atoms with Gasteiger partial charge in [-0.2, -0.15) is 15.3 Å². The molecule has 0 spiro atoms. The molecule has 5 rings (SSSR count). The van der Waals surface area contributed by atoms with E-state index in [-0.39, 0.29) is 34.4 Å². The maximum atomic E-state index is 14.4. The number of benzene rings is 1. The quantitative estimate of drug-likeness (QED) is 0.618. The van der Waals surface area contributed by atoms with Crippen LogP contribution in [0.4, 0.5) is 8.78 Å². The number of hydrogen-bond acceptors (Lipinski definition) is 4. The first kappa shape index (κ1) is 21.7. The molecule has 1 N–H and O–H groups in total. The highest BCUT2D eigenvalue weighted by atomic mass is 19.1. The summed E-state index contributed by atoms with van der Waals surface area (Å²) in [5.41, 5.74) is 2.27. The third kappa shape index (κ3) is 3.71. The van der Waals surface area contributed by atoms with Gasteiger partial charge in [-0.15, -0.1) is 0 Å². The van der Waals surface area contributed by atoms with Gasteiger partial charge in [-0.05, 0) is 61.3 Å². The molecule has 2 aromatic heterocycles. The van der Waals surface area contributed by atoms with Crippen molar-refractivity contribution in [2.45, 2.75) is 50.9 Å². The highest BCUT2D eigenvalue weighted by molar-refractivity contribution is 5.93. The van der Waals surface area contributed by atoms with Gasteiger partial charge in [0.05, 0.1) is 28.7 Å². The summed E-state index contributed by atoms with van der Waals surface area (Å²) in [6.07, 6.45) is 6.97. The number of hydrogen-bond donors (Lipinski definition) is 1. The Morgan fingerprint density at radius 3 is 2.73 bits per heavy atom. The lowest BCUT2D eigenvalue weighted by molar-refractivity contribution is 0.0581. The summed E-state index contributed by atoms with van der Waals surface area (Å²) < 4.78 is 28.8. The van der Waals surface area contributed by atoms with Gasteiger partial charge in [-0.1, -0.05) is 19.9 Å². The third-order valence-electron chi connectivity index (χ3n) is 7.57. The van der Waals surface area contributed by atoms with Gasteiger partial charge in [0.2, 0.25) is 0 Å². The fraction of sp³-hybridized carbons (Fsp3) is 0.440. The van der Waals surface area contributed by atoms with Crippen LogP contribution in [0.15, 0.2) is 36.7 Å². The number of amides is 1. The SMILES string of the molecule is C[C@H]1CC[C@](C)([C@H]2CCCN(C(=O)c3cn[nH]c3)C2)c2nnc(-c3c(F)cccc3F)cc21. The van der Waals surface area contributed by atoms with Crippen molar-refractivity contribution in [3.8, 4) is 11.3 Å². The zero-order valence-corrected chi connectivity index (χ0v) is 18.8. The molecule has 1 aliphatic carbocycles. The minimum Gasteiger partial charge on any atom is -0.338 e. The lowest BCUT2D eigenvalue weighted by atomic mass is 9.62. The molecule has 6 nitrogen and oxygen atoms in total. The van der Waals surface area contributed by atoms with Crippen molar-refractivity contribution in [1.29, 1.82) is 0 Å². The largest absolute Gasteiger partial charge is 0.338 e. The van der Waals surface area contributed by atoms with Crippen LogP contribution in [0.25, 0.3) is 11.3 Å². The second kappa shape index (κ2) is 8.32. The lowest BCUT2D eigenvalue weighted by Gasteiger charge is -2.46. The molecular formula is C25H27F2N5O. The predicted molar refractivity (Wildman–Crippen MR) is 120 cm³/mol. The minimum atomic E-state index is -0.642. The Balaban J connectivity index is 1.49. The Morgan fingerprint density at radius 2 is 2.00 bits per heavy atom. The fourth-order valence-corrected chi connectivity index (χ4v) is 5.51. The molecule has 0 saturated carbocycles. The van der Waals surface area contributed by atoms with Crippen molar-refractivity contribution in [2.75, 3.05) is 13.1 Å². The molecule has 2 aliphatic rings. The molecule has 3 heterocycles. The van der Waals surface area contributed by atoms with E-state index in [1.165, 1.54) is 18.2 Å². The summed E-state index contributed by atoms with van der Waals surface area (Å²) in [4.78, 5) is 14.8. The number of piperidine rings is 1. The highest BCUT2D eigenvalue weighted by Crippen LogP contribution is 2.48. The van der Waals surface area contributed by atoms with Crippen molar-refractivity contribution in [3.63, 3.8) is 0 Å². The monoisotopic (exact) mass is 451 g/mol. The summed E-state index contributed by atoms with van der Waals surface area (Å²) in [6.45, 7) is 5.68. The third-order valence-corrected chi connectivity index (χ3v) is 7.57. The minimum absolute atomic E-state index is 0.0158. The molecule has 3 atom stereocenters. The molecule has 33 heavy (non-hydrogen) atoms. The highest BCUT2D eigenvalue weighted by Gasteiger charge is 2.45. The van der Waals surface area contributed by atoms with Crippen LogP contribution in [-0.2, 0) is 5.41 Å². The van der Waals surface area contributed by atoms with Gasteiger partial charge in [0.15, 0.2) is 0 Å². The first-order valence-corrected chi connectivity index (χ1v) is 11.5. The van der Waals surface area contributed by atoms with E-state index >= 15 is 0 Å². The van der Waals surface area contributed by atoms with Crippen molar-refractivity contribution < 1.29 is 13.6 Å². The first-order valence-electron chi connectivity index (χ1n) is 11.5. The van der Waals surface area contributed by atoms with Gasteiger partial charge in [0.1, 0.15) is 11.6 Å². The Bertz CT molecular complexity index is 1160. The number of aromatic nitrogens is 4. The normalized spacial score (nSPS) is 25.0. The fourth-order valence-electron chi connectivity index (χ4n) is 5.51. The molecule has 1 aromatic carbocycles. The van der Waals surface area contributed by atoms with Gasteiger partial charge in [0.25, 0.3) is 5.91 Å². The Labute approximate surface area is 191 Å². The average molecular weight is 452 g/mol. The molecule has 1 fully saturated rings. The van der Waals surface area contributed by atoms with Crippen LogP contribution in [0.5, 0.6) is 0 Å². The van der Waals surface area contributed by atoms with E-state index in [0.29, 0.717) is 12.1 Å². The van der Waals surface area contributed by atoms with Gasteiger partial charge >= 0.3 is 0 Å². The molecule has 1 amide bonds. The number of fused-ring (bicyclic) bond motifs is 1. The Morgan fingerprint density at radius 1 is 1.21 bits per heavy atom. The standard InChI is InChI=1S/C25H27F2N5O/c1-15-8-9-25(2,17-5-4-10-32(14-17)24(33)16-12-28-29-13-16)23-18(15)11-21(30-31-23)22-19(26)6-3-7-20(22)27/h3,6-7,11-13,15,17H,4-5,8-10,14H2,1-2H3,(H,28,29)/t15-,17-,25+/m0/s1. The average Bonchev–Trinajstić information content (AvgIpc) is 3.36. The predicted octanol–water partition coefficient (Wildman–Crippen LogP) is 4.85. The number of rotatable bonds is 3.